The van der Waals surface area contributed by atoms with Gasteiger partial charge in [0.15, 0.2) is 0 Å². The van der Waals surface area contributed by atoms with Gasteiger partial charge < -0.3 is 4.90 Å². The van der Waals surface area contributed by atoms with Crippen LogP contribution in [0.1, 0.15) is 5.56 Å². The topological polar surface area (TPSA) is 6.48 Å². The second kappa shape index (κ2) is 5.71. The lowest BCUT2D eigenvalue weighted by atomic mass is 9.96. The van der Waals surface area contributed by atoms with Crippen molar-refractivity contribution in [1.29, 1.82) is 0 Å². The molecule has 112 valence electrons. The van der Waals surface area contributed by atoms with Crippen molar-refractivity contribution in [2.75, 3.05) is 33.2 Å². The molecular formula is C20H22N2. The summed E-state index contributed by atoms with van der Waals surface area (Å²) in [5, 5.41) is 5.51. The van der Waals surface area contributed by atoms with E-state index < -0.39 is 0 Å². The Kier molecular flexibility index (Phi) is 3.57. The van der Waals surface area contributed by atoms with E-state index in [0.717, 1.165) is 19.6 Å². The highest BCUT2D eigenvalue weighted by atomic mass is 15.2. The van der Waals surface area contributed by atoms with Crippen LogP contribution >= 0.6 is 0 Å². The Bertz CT molecular complexity index is 747. The lowest BCUT2D eigenvalue weighted by molar-refractivity contribution is 0.149. The summed E-state index contributed by atoms with van der Waals surface area (Å²) in [6.07, 6.45) is 0. The Labute approximate surface area is 131 Å². The molecule has 1 aliphatic heterocycles. The van der Waals surface area contributed by atoms with E-state index >= 15 is 0 Å². The van der Waals surface area contributed by atoms with Gasteiger partial charge in [-0.1, -0.05) is 48.5 Å². The summed E-state index contributed by atoms with van der Waals surface area (Å²) < 4.78 is 0. The number of rotatable bonds is 2. The van der Waals surface area contributed by atoms with Crippen LogP contribution in [0.4, 0.5) is 0 Å². The molecule has 0 atom stereocenters. The maximum absolute atomic E-state index is 2.59. The second-order valence-electron chi connectivity index (χ2n) is 6.38. The molecule has 0 aliphatic carbocycles. The van der Waals surface area contributed by atoms with Gasteiger partial charge in [-0.15, -0.1) is 0 Å². The van der Waals surface area contributed by atoms with E-state index in [-0.39, 0.29) is 0 Å². The standard InChI is InChI=1S/C20H22N2/c1-21-10-12-22(13-11-21)15-20-18-8-4-2-6-16(18)14-17-7-3-5-9-19(17)20/h2-9,14H,10-13,15H2,1H3. The largest absolute Gasteiger partial charge is 0.304 e. The first-order chi connectivity index (χ1) is 10.8. The van der Waals surface area contributed by atoms with Gasteiger partial charge in [-0.2, -0.15) is 0 Å². The van der Waals surface area contributed by atoms with Crippen molar-refractivity contribution in [1.82, 2.24) is 9.80 Å². The molecule has 0 amide bonds. The van der Waals surface area contributed by atoms with Crippen LogP contribution in [0.25, 0.3) is 21.5 Å². The fourth-order valence-corrected chi connectivity index (χ4v) is 3.51. The predicted molar refractivity (Wildman–Crippen MR) is 94.2 cm³/mol. The molecule has 1 saturated heterocycles. The molecule has 0 unspecified atom stereocenters. The van der Waals surface area contributed by atoms with Gasteiger partial charge in [0.1, 0.15) is 0 Å². The lowest BCUT2D eigenvalue weighted by Crippen LogP contribution is -2.43. The van der Waals surface area contributed by atoms with E-state index in [0.29, 0.717) is 0 Å². The summed E-state index contributed by atoms with van der Waals surface area (Å²) in [6.45, 7) is 5.71. The zero-order valence-corrected chi connectivity index (χ0v) is 13.1. The molecule has 0 bridgehead atoms. The Morgan fingerprint density at radius 2 is 1.32 bits per heavy atom. The number of hydrogen-bond acceptors (Lipinski definition) is 2. The van der Waals surface area contributed by atoms with Gasteiger partial charge in [-0.25, -0.2) is 0 Å². The maximum Gasteiger partial charge on any atom is 0.0247 e. The van der Waals surface area contributed by atoms with E-state index in [1.807, 2.05) is 0 Å². The Morgan fingerprint density at radius 1 is 0.773 bits per heavy atom. The first-order valence-electron chi connectivity index (χ1n) is 8.11. The first kappa shape index (κ1) is 13.7. The fraction of sp³-hybridized carbons (Fsp3) is 0.300. The minimum atomic E-state index is 1.05. The number of hydrogen-bond donors (Lipinski definition) is 0. The molecular weight excluding hydrogens is 268 g/mol. The van der Waals surface area contributed by atoms with Crippen LogP contribution in [0, 0.1) is 0 Å². The maximum atomic E-state index is 2.59. The summed E-state index contributed by atoms with van der Waals surface area (Å²) in [7, 11) is 2.21. The third-order valence-electron chi connectivity index (χ3n) is 4.86. The van der Waals surface area contributed by atoms with Crippen LogP contribution in [0.3, 0.4) is 0 Å². The second-order valence-corrected chi connectivity index (χ2v) is 6.38. The molecule has 3 aromatic rings. The number of likely N-dealkylation sites (N-methyl/N-ethyl adjacent to an activating group) is 1. The molecule has 2 nitrogen and oxygen atoms in total. The average Bonchev–Trinajstić information content (AvgIpc) is 2.56. The van der Waals surface area contributed by atoms with Crippen molar-refractivity contribution in [3.63, 3.8) is 0 Å². The molecule has 0 saturated carbocycles. The van der Waals surface area contributed by atoms with Crippen LogP contribution in [0.2, 0.25) is 0 Å². The van der Waals surface area contributed by atoms with Crippen LogP contribution in [-0.4, -0.2) is 43.0 Å². The zero-order chi connectivity index (χ0) is 14.9. The van der Waals surface area contributed by atoms with E-state index in [1.165, 1.54) is 40.2 Å². The van der Waals surface area contributed by atoms with E-state index in [2.05, 4.69) is 71.4 Å². The van der Waals surface area contributed by atoms with Gasteiger partial charge in [0.25, 0.3) is 0 Å². The highest BCUT2D eigenvalue weighted by Gasteiger charge is 2.16. The minimum Gasteiger partial charge on any atom is -0.304 e. The van der Waals surface area contributed by atoms with Gasteiger partial charge in [0, 0.05) is 32.7 Å². The Morgan fingerprint density at radius 3 is 1.91 bits per heavy atom. The van der Waals surface area contributed by atoms with Gasteiger partial charge in [-0.05, 0) is 40.2 Å². The Hall–Kier alpha value is -1.90. The molecule has 4 rings (SSSR count). The van der Waals surface area contributed by atoms with Crippen molar-refractivity contribution < 1.29 is 0 Å². The minimum absolute atomic E-state index is 1.05. The Balaban J connectivity index is 1.82. The number of benzene rings is 3. The van der Waals surface area contributed by atoms with E-state index in [1.54, 1.807) is 0 Å². The molecule has 22 heavy (non-hydrogen) atoms. The van der Waals surface area contributed by atoms with Crippen molar-refractivity contribution >= 4 is 21.5 Å². The first-order valence-corrected chi connectivity index (χ1v) is 8.11. The number of nitrogens with zero attached hydrogens (tertiary/aromatic N) is 2. The predicted octanol–water partition coefficient (Wildman–Crippen LogP) is 3.74. The summed E-state index contributed by atoms with van der Waals surface area (Å²) in [4.78, 5) is 5.01. The van der Waals surface area contributed by atoms with Crippen LogP contribution in [0.5, 0.6) is 0 Å². The summed E-state index contributed by atoms with van der Waals surface area (Å²) in [5.74, 6) is 0. The van der Waals surface area contributed by atoms with Crippen LogP contribution in [0.15, 0.2) is 54.6 Å². The molecule has 0 N–H and O–H groups in total. The van der Waals surface area contributed by atoms with Crippen molar-refractivity contribution in [3.05, 3.63) is 60.2 Å². The molecule has 3 aromatic carbocycles. The highest BCUT2D eigenvalue weighted by Crippen LogP contribution is 2.29. The summed E-state index contributed by atoms with van der Waals surface area (Å²) in [5.41, 5.74) is 1.48. The zero-order valence-electron chi connectivity index (χ0n) is 13.1. The third kappa shape index (κ3) is 2.49. The molecule has 0 aromatic heterocycles. The number of fused-ring (bicyclic) bond motifs is 2. The van der Waals surface area contributed by atoms with Crippen molar-refractivity contribution in [2.45, 2.75) is 6.54 Å². The SMILES string of the molecule is CN1CCN(Cc2c3ccccc3cc3ccccc23)CC1. The number of piperazine rings is 1. The lowest BCUT2D eigenvalue weighted by Gasteiger charge is -2.33. The van der Waals surface area contributed by atoms with Crippen LogP contribution < -0.4 is 0 Å². The van der Waals surface area contributed by atoms with Gasteiger partial charge >= 0.3 is 0 Å². The molecule has 2 heteroatoms. The van der Waals surface area contributed by atoms with Crippen LogP contribution in [-0.2, 0) is 6.54 Å². The van der Waals surface area contributed by atoms with Crippen molar-refractivity contribution in [2.24, 2.45) is 0 Å². The highest BCUT2D eigenvalue weighted by molar-refractivity contribution is 6.02. The van der Waals surface area contributed by atoms with E-state index in [9.17, 15) is 0 Å². The molecule has 1 aliphatic rings. The molecule has 1 fully saturated rings. The molecule has 0 radical (unpaired) electrons. The average molecular weight is 290 g/mol. The van der Waals surface area contributed by atoms with Gasteiger partial charge in [-0.3, -0.25) is 4.90 Å². The normalized spacial score (nSPS) is 17.3. The molecule has 0 spiro atoms. The quantitative estimate of drug-likeness (QED) is 0.663. The van der Waals surface area contributed by atoms with Crippen molar-refractivity contribution in [3.8, 4) is 0 Å². The van der Waals surface area contributed by atoms with Gasteiger partial charge in [0.2, 0.25) is 0 Å². The van der Waals surface area contributed by atoms with Gasteiger partial charge in [0.05, 0.1) is 0 Å². The fourth-order valence-electron chi connectivity index (χ4n) is 3.51. The smallest absolute Gasteiger partial charge is 0.0247 e. The summed E-state index contributed by atoms with van der Waals surface area (Å²) >= 11 is 0. The third-order valence-corrected chi connectivity index (χ3v) is 4.86. The summed E-state index contributed by atoms with van der Waals surface area (Å²) in [6, 6.07) is 19.9. The molecule has 1 heterocycles. The van der Waals surface area contributed by atoms with E-state index in [4.69, 9.17) is 0 Å². The monoisotopic (exact) mass is 290 g/mol.